The maximum Gasteiger partial charge on any atom is 0.128 e. The maximum atomic E-state index is 13.4. The van der Waals surface area contributed by atoms with Crippen LogP contribution < -0.4 is 5.32 Å². The van der Waals surface area contributed by atoms with E-state index in [-0.39, 0.29) is 24.3 Å². The summed E-state index contributed by atoms with van der Waals surface area (Å²) in [6.45, 7) is 0.292. The average Bonchev–Trinajstić information content (AvgIpc) is 2.53. The van der Waals surface area contributed by atoms with Crippen molar-refractivity contribution in [3.63, 3.8) is 0 Å². The first-order valence-electron chi connectivity index (χ1n) is 7.57. The number of benzene rings is 2. The molecule has 1 aliphatic carbocycles. The van der Waals surface area contributed by atoms with Crippen molar-refractivity contribution in [2.45, 2.75) is 38.5 Å². The highest BCUT2D eigenvalue weighted by atomic mass is 19.1. The number of halogens is 2. The van der Waals surface area contributed by atoms with Crippen molar-refractivity contribution in [1.29, 1.82) is 0 Å². The molecule has 4 heteroatoms. The molecule has 0 radical (unpaired) electrons. The minimum absolute atomic E-state index is 0.187. The Balaban J connectivity index is 1.73. The molecule has 0 saturated carbocycles. The molecule has 3 rings (SSSR count). The van der Waals surface area contributed by atoms with Crippen molar-refractivity contribution < 1.29 is 13.9 Å². The molecule has 1 unspecified atom stereocenters. The third kappa shape index (κ3) is 3.18. The molecule has 0 spiro atoms. The highest BCUT2D eigenvalue weighted by Crippen LogP contribution is 2.30. The molecule has 0 bridgehead atoms. The third-order valence-electron chi connectivity index (χ3n) is 4.25. The smallest absolute Gasteiger partial charge is 0.128 e. The van der Waals surface area contributed by atoms with Crippen LogP contribution in [0.15, 0.2) is 36.4 Å². The lowest BCUT2D eigenvalue weighted by Gasteiger charge is -2.26. The van der Waals surface area contributed by atoms with E-state index >= 15 is 0 Å². The quantitative estimate of drug-likeness (QED) is 0.904. The summed E-state index contributed by atoms with van der Waals surface area (Å²) < 4.78 is 26.7. The Morgan fingerprint density at radius 1 is 1.14 bits per heavy atom. The Morgan fingerprint density at radius 2 is 2.00 bits per heavy atom. The highest BCUT2D eigenvalue weighted by molar-refractivity contribution is 5.33. The zero-order valence-electron chi connectivity index (χ0n) is 12.3. The van der Waals surface area contributed by atoms with Crippen LogP contribution in [0.3, 0.4) is 0 Å². The summed E-state index contributed by atoms with van der Waals surface area (Å²) in [5, 5.41) is 12.6. The second-order valence-electron chi connectivity index (χ2n) is 5.75. The fourth-order valence-electron chi connectivity index (χ4n) is 3.10. The van der Waals surface area contributed by atoms with Crippen LogP contribution in [0.4, 0.5) is 8.78 Å². The molecule has 2 aromatic carbocycles. The van der Waals surface area contributed by atoms with Crippen LogP contribution in [0, 0.1) is 11.6 Å². The van der Waals surface area contributed by atoms with E-state index < -0.39 is 0 Å². The van der Waals surface area contributed by atoms with Crippen molar-refractivity contribution >= 4 is 0 Å². The lowest BCUT2D eigenvalue weighted by atomic mass is 9.87. The van der Waals surface area contributed by atoms with Crippen molar-refractivity contribution in [3.8, 4) is 0 Å². The van der Waals surface area contributed by atoms with Crippen LogP contribution in [-0.2, 0) is 19.6 Å². The first kappa shape index (κ1) is 15.1. The molecule has 1 aliphatic rings. The van der Waals surface area contributed by atoms with Gasteiger partial charge in [-0.25, -0.2) is 8.78 Å². The predicted molar refractivity (Wildman–Crippen MR) is 81.2 cm³/mol. The minimum atomic E-state index is -0.385. The minimum Gasteiger partial charge on any atom is -0.392 e. The molecule has 0 aromatic heterocycles. The van der Waals surface area contributed by atoms with E-state index in [1.807, 2.05) is 6.07 Å². The van der Waals surface area contributed by atoms with E-state index in [4.69, 9.17) is 5.11 Å². The number of aliphatic hydroxyl groups excluding tert-OH is 1. The van der Waals surface area contributed by atoms with Gasteiger partial charge in [0.15, 0.2) is 0 Å². The van der Waals surface area contributed by atoms with Gasteiger partial charge in [0.1, 0.15) is 11.6 Å². The molecule has 0 heterocycles. The number of hydrogen-bond acceptors (Lipinski definition) is 2. The van der Waals surface area contributed by atoms with Crippen LogP contribution in [0.1, 0.15) is 41.1 Å². The van der Waals surface area contributed by atoms with Crippen LogP contribution in [0.5, 0.6) is 0 Å². The summed E-state index contributed by atoms with van der Waals surface area (Å²) in [4.78, 5) is 0. The van der Waals surface area contributed by atoms with Gasteiger partial charge in [-0.05, 0) is 60.2 Å². The van der Waals surface area contributed by atoms with Gasteiger partial charge in [0.25, 0.3) is 0 Å². The number of rotatable bonds is 4. The fraction of sp³-hybridized carbons (Fsp3) is 0.333. The molecule has 0 amide bonds. The van der Waals surface area contributed by atoms with E-state index in [1.54, 1.807) is 18.2 Å². The molecule has 2 aromatic rings. The van der Waals surface area contributed by atoms with Crippen LogP contribution in [-0.4, -0.2) is 5.11 Å². The Hall–Kier alpha value is -1.78. The van der Waals surface area contributed by atoms with Crippen molar-refractivity contribution in [1.82, 2.24) is 5.32 Å². The standard InChI is InChI=1S/C18H19F2NO/c19-15-5-6-16-13(9-15)2-1-3-18(16)21-10-12-4-7-17(20)14(8-12)11-22/h4-9,18,21-22H,1-3,10-11H2. The third-order valence-corrected chi connectivity index (χ3v) is 4.25. The van der Waals surface area contributed by atoms with Gasteiger partial charge in [0.2, 0.25) is 0 Å². The zero-order valence-corrected chi connectivity index (χ0v) is 12.3. The Kier molecular flexibility index (Phi) is 4.50. The fourth-order valence-corrected chi connectivity index (χ4v) is 3.10. The summed E-state index contributed by atoms with van der Waals surface area (Å²) in [5.74, 6) is -0.574. The normalized spacial score (nSPS) is 17.3. The first-order chi connectivity index (χ1) is 10.7. The molecule has 1 atom stereocenters. The van der Waals surface area contributed by atoms with Gasteiger partial charge in [-0.2, -0.15) is 0 Å². The van der Waals surface area contributed by atoms with Crippen molar-refractivity contribution in [2.75, 3.05) is 0 Å². The van der Waals surface area contributed by atoms with E-state index in [2.05, 4.69) is 5.32 Å². The van der Waals surface area contributed by atoms with Crippen molar-refractivity contribution in [2.24, 2.45) is 0 Å². The van der Waals surface area contributed by atoms with Gasteiger partial charge in [-0.1, -0.05) is 12.1 Å². The SMILES string of the molecule is OCc1cc(CNC2CCCc3cc(F)ccc32)ccc1F. The van der Waals surface area contributed by atoms with E-state index in [1.165, 1.54) is 12.1 Å². The van der Waals surface area contributed by atoms with Gasteiger partial charge in [-0.15, -0.1) is 0 Å². The summed E-state index contributed by atoms with van der Waals surface area (Å²) in [6, 6.07) is 9.93. The average molecular weight is 303 g/mol. The second-order valence-corrected chi connectivity index (χ2v) is 5.75. The van der Waals surface area contributed by atoms with E-state index in [9.17, 15) is 8.78 Å². The lowest BCUT2D eigenvalue weighted by molar-refractivity contribution is 0.275. The van der Waals surface area contributed by atoms with Gasteiger partial charge < -0.3 is 10.4 Å². The van der Waals surface area contributed by atoms with Gasteiger partial charge in [-0.3, -0.25) is 0 Å². The molecular weight excluding hydrogens is 284 g/mol. The molecular formula is C18H19F2NO. The lowest BCUT2D eigenvalue weighted by Crippen LogP contribution is -2.25. The number of hydrogen-bond donors (Lipinski definition) is 2. The number of aryl methyl sites for hydroxylation is 1. The van der Waals surface area contributed by atoms with Crippen LogP contribution >= 0.6 is 0 Å². The first-order valence-corrected chi connectivity index (χ1v) is 7.57. The number of aliphatic hydroxyl groups is 1. The Bertz CT molecular complexity index is 672. The topological polar surface area (TPSA) is 32.3 Å². The Labute approximate surface area is 128 Å². The summed E-state index contributed by atoms with van der Waals surface area (Å²) in [6.07, 6.45) is 2.95. The number of nitrogens with one attached hydrogen (secondary N) is 1. The molecule has 116 valence electrons. The molecule has 0 fully saturated rings. The Morgan fingerprint density at radius 3 is 2.82 bits per heavy atom. The maximum absolute atomic E-state index is 13.4. The summed E-state index contributed by atoms with van der Waals surface area (Å²) in [7, 11) is 0. The van der Waals surface area contributed by atoms with Gasteiger partial charge in [0.05, 0.1) is 6.61 Å². The molecule has 0 aliphatic heterocycles. The summed E-state index contributed by atoms with van der Waals surface area (Å²) in [5.41, 5.74) is 3.46. The van der Waals surface area contributed by atoms with Crippen LogP contribution in [0.2, 0.25) is 0 Å². The highest BCUT2D eigenvalue weighted by Gasteiger charge is 2.20. The van der Waals surface area contributed by atoms with E-state index in [0.29, 0.717) is 12.1 Å². The van der Waals surface area contributed by atoms with Crippen molar-refractivity contribution in [3.05, 3.63) is 70.3 Å². The predicted octanol–water partition coefficient (Wildman–Crippen LogP) is 3.62. The summed E-state index contributed by atoms with van der Waals surface area (Å²) >= 11 is 0. The van der Waals surface area contributed by atoms with Gasteiger partial charge in [0, 0.05) is 18.2 Å². The molecule has 22 heavy (non-hydrogen) atoms. The second kappa shape index (κ2) is 6.55. The van der Waals surface area contributed by atoms with Gasteiger partial charge >= 0.3 is 0 Å². The van der Waals surface area contributed by atoms with E-state index in [0.717, 1.165) is 36.0 Å². The monoisotopic (exact) mass is 303 g/mol. The molecule has 2 N–H and O–H groups in total. The number of fused-ring (bicyclic) bond motifs is 1. The zero-order chi connectivity index (χ0) is 15.5. The van der Waals surface area contributed by atoms with Crippen LogP contribution in [0.25, 0.3) is 0 Å². The largest absolute Gasteiger partial charge is 0.392 e. The molecule has 2 nitrogen and oxygen atoms in total. The molecule has 0 saturated heterocycles.